The number of hydrogen-bond acceptors (Lipinski definition) is 5. The van der Waals surface area contributed by atoms with Gasteiger partial charge in [0.05, 0.1) is 13.0 Å². The second-order valence-electron chi connectivity index (χ2n) is 9.28. The van der Waals surface area contributed by atoms with Gasteiger partial charge < -0.3 is 24.8 Å². The monoisotopic (exact) mass is 468 g/mol. The first-order chi connectivity index (χ1) is 16.1. The third-order valence-corrected chi connectivity index (χ3v) is 5.89. The third kappa shape index (κ3) is 5.75. The predicted molar refractivity (Wildman–Crippen MR) is 128 cm³/mol. The Balaban J connectivity index is 1.69. The number of nitrogens with one attached hydrogen (secondary N) is 1. The number of amides is 2. The van der Waals surface area contributed by atoms with Gasteiger partial charge in [0.1, 0.15) is 12.6 Å². The van der Waals surface area contributed by atoms with Crippen LogP contribution in [0.3, 0.4) is 0 Å². The predicted octanol–water partition coefficient (Wildman–Crippen LogP) is 3.64. The number of ether oxygens (including phenoxy) is 2. The quantitative estimate of drug-likeness (QED) is 0.582. The van der Waals surface area contributed by atoms with Gasteiger partial charge >= 0.3 is 12.1 Å². The first kappa shape index (κ1) is 25.2. The number of carboxylic acid groups (broad SMARTS) is 1. The Morgan fingerprint density at radius 2 is 1.59 bits per heavy atom. The minimum Gasteiger partial charge on any atom is -0.481 e. The van der Waals surface area contributed by atoms with Gasteiger partial charge in [-0.3, -0.25) is 9.59 Å². The lowest BCUT2D eigenvalue weighted by molar-refractivity contribution is -0.142. The topological polar surface area (TPSA) is 105 Å². The third-order valence-electron chi connectivity index (χ3n) is 5.89. The average Bonchev–Trinajstić information content (AvgIpc) is 3.10. The molecule has 0 heterocycles. The zero-order chi connectivity index (χ0) is 24.9. The fraction of sp³-hybridized carbons (Fsp3) is 0.423. The number of methoxy groups -OCH3 is 1. The highest BCUT2D eigenvalue weighted by atomic mass is 16.5. The van der Waals surface area contributed by atoms with Crippen molar-refractivity contribution in [2.45, 2.75) is 44.7 Å². The molecule has 182 valence electrons. The SMILES string of the molecule is COC[C@H](NC(=O)OCC1c2ccccc2-c2ccccc21)C(=O)N(CCC(=O)O)C(C)(C)C. The van der Waals surface area contributed by atoms with Gasteiger partial charge in [0.2, 0.25) is 5.91 Å². The van der Waals surface area contributed by atoms with Crippen LogP contribution in [0.1, 0.15) is 44.2 Å². The Bertz CT molecular complexity index is 1000. The number of fused-ring (bicyclic) bond motifs is 3. The van der Waals surface area contributed by atoms with Gasteiger partial charge in [0.25, 0.3) is 0 Å². The Labute approximate surface area is 199 Å². The van der Waals surface area contributed by atoms with E-state index in [4.69, 9.17) is 14.6 Å². The Kier molecular flexibility index (Phi) is 7.94. The van der Waals surface area contributed by atoms with E-state index in [9.17, 15) is 14.4 Å². The largest absolute Gasteiger partial charge is 0.481 e. The minimum absolute atomic E-state index is 0.0181. The lowest BCUT2D eigenvalue weighted by atomic mass is 9.98. The highest BCUT2D eigenvalue weighted by Gasteiger charge is 2.34. The molecule has 2 N–H and O–H groups in total. The van der Waals surface area contributed by atoms with E-state index in [2.05, 4.69) is 17.4 Å². The van der Waals surface area contributed by atoms with Crippen LogP contribution in [0.15, 0.2) is 48.5 Å². The molecule has 1 atom stereocenters. The van der Waals surface area contributed by atoms with Gasteiger partial charge in [-0.25, -0.2) is 4.79 Å². The first-order valence-corrected chi connectivity index (χ1v) is 11.3. The summed E-state index contributed by atoms with van der Waals surface area (Å²) in [5, 5.41) is 11.7. The van der Waals surface area contributed by atoms with E-state index < -0.39 is 29.6 Å². The van der Waals surface area contributed by atoms with Crippen molar-refractivity contribution in [3.63, 3.8) is 0 Å². The number of alkyl carbamates (subject to hydrolysis) is 1. The summed E-state index contributed by atoms with van der Waals surface area (Å²) in [5.41, 5.74) is 3.79. The summed E-state index contributed by atoms with van der Waals surface area (Å²) in [5.74, 6) is -1.53. The second-order valence-corrected chi connectivity index (χ2v) is 9.28. The molecule has 0 aliphatic heterocycles. The molecule has 8 heteroatoms. The molecule has 2 aromatic rings. The molecular formula is C26H32N2O6. The summed E-state index contributed by atoms with van der Waals surface area (Å²) in [4.78, 5) is 38.4. The maximum atomic E-state index is 13.2. The molecule has 0 aromatic heterocycles. The molecule has 8 nitrogen and oxygen atoms in total. The van der Waals surface area contributed by atoms with Crippen molar-refractivity contribution in [1.29, 1.82) is 0 Å². The summed E-state index contributed by atoms with van der Waals surface area (Å²) in [6.07, 6.45) is -0.933. The van der Waals surface area contributed by atoms with Crippen LogP contribution < -0.4 is 5.32 Å². The van der Waals surface area contributed by atoms with Crippen LogP contribution in [0.5, 0.6) is 0 Å². The Morgan fingerprint density at radius 1 is 1.03 bits per heavy atom. The normalized spacial score (nSPS) is 13.5. The smallest absolute Gasteiger partial charge is 0.407 e. The molecule has 0 radical (unpaired) electrons. The standard InChI is InChI=1S/C26H32N2O6/c1-26(2,3)28(14-13-23(29)30)24(31)22(16-33-4)27-25(32)34-15-21-19-11-7-5-9-17(19)18-10-6-8-12-20(18)21/h5-12,21-22H,13-16H2,1-4H3,(H,27,32)(H,29,30)/t22-/m0/s1. The Hall–Kier alpha value is -3.39. The van der Waals surface area contributed by atoms with Crippen LogP contribution >= 0.6 is 0 Å². The molecule has 0 bridgehead atoms. The minimum atomic E-state index is -1.01. The number of carbonyl (C=O) groups is 3. The van der Waals surface area contributed by atoms with Gasteiger partial charge in [0, 0.05) is 25.1 Å². The number of carbonyl (C=O) groups excluding carboxylic acids is 2. The van der Waals surface area contributed by atoms with Crippen molar-refractivity contribution in [3.05, 3.63) is 59.7 Å². The maximum Gasteiger partial charge on any atom is 0.407 e. The lowest BCUT2D eigenvalue weighted by Gasteiger charge is -2.37. The fourth-order valence-corrected chi connectivity index (χ4v) is 4.30. The second kappa shape index (κ2) is 10.7. The van der Waals surface area contributed by atoms with Crippen LogP contribution in [0.25, 0.3) is 11.1 Å². The van der Waals surface area contributed by atoms with Crippen molar-refractivity contribution < 1.29 is 29.0 Å². The lowest BCUT2D eigenvalue weighted by Crippen LogP contribution is -2.56. The van der Waals surface area contributed by atoms with E-state index in [1.165, 1.54) is 12.0 Å². The maximum absolute atomic E-state index is 13.2. The first-order valence-electron chi connectivity index (χ1n) is 11.3. The number of hydrogen-bond donors (Lipinski definition) is 2. The number of rotatable bonds is 9. The van der Waals surface area contributed by atoms with Gasteiger partial charge in [0.15, 0.2) is 0 Å². The van der Waals surface area contributed by atoms with Crippen molar-refractivity contribution in [2.75, 3.05) is 26.9 Å². The Morgan fingerprint density at radius 3 is 2.09 bits per heavy atom. The zero-order valence-electron chi connectivity index (χ0n) is 20.0. The molecule has 0 saturated carbocycles. The molecule has 0 spiro atoms. The summed E-state index contributed by atoms with van der Waals surface area (Å²) >= 11 is 0. The van der Waals surface area contributed by atoms with Gasteiger partial charge in [-0.2, -0.15) is 0 Å². The van der Waals surface area contributed by atoms with Crippen molar-refractivity contribution in [1.82, 2.24) is 10.2 Å². The summed E-state index contributed by atoms with van der Waals surface area (Å²) in [6, 6.07) is 15.1. The summed E-state index contributed by atoms with van der Waals surface area (Å²) in [7, 11) is 1.43. The molecule has 2 aromatic carbocycles. The van der Waals surface area contributed by atoms with E-state index in [0.29, 0.717) is 0 Å². The van der Waals surface area contributed by atoms with Crippen LogP contribution in [0.2, 0.25) is 0 Å². The van der Waals surface area contributed by atoms with E-state index in [1.54, 1.807) is 0 Å². The van der Waals surface area contributed by atoms with E-state index >= 15 is 0 Å². The highest BCUT2D eigenvalue weighted by molar-refractivity contribution is 5.87. The van der Waals surface area contributed by atoms with Crippen LogP contribution in [0, 0.1) is 0 Å². The number of aliphatic carboxylic acids is 1. The molecule has 34 heavy (non-hydrogen) atoms. The van der Waals surface area contributed by atoms with Gasteiger partial charge in [-0.05, 0) is 43.0 Å². The van der Waals surface area contributed by atoms with Crippen molar-refractivity contribution in [3.8, 4) is 11.1 Å². The number of carboxylic acids is 1. The van der Waals surface area contributed by atoms with Crippen LogP contribution in [0.4, 0.5) is 4.79 Å². The molecule has 0 fully saturated rings. The number of nitrogens with zero attached hydrogens (tertiary/aromatic N) is 1. The molecule has 0 saturated heterocycles. The average molecular weight is 469 g/mol. The fourth-order valence-electron chi connectivity index (χ4n) is 4.30. The van der Waals surface area contributed by atoms with Crippen LogP contribution in [-0.4, -0.2) is 66.4 Å². The van der Waals surface area contributed by atoms with E-state index in [0.717, 1.165) is 22.3 Å². The molecule has 0 unspecified atom stereocenters. The van der Waals surface area contributed by atoms with Crippen molar-refractivity contribution >= 4 is 18.0 Å². The molecule has 3 rings (SSSR count). The zero-order valence-corrected chi connectivity index (χ0v) is 20.0. The number of benzene rings is 2. The molecule has 1 aliphatic carbocycles. The van der Waals surface area contributed by atoms with Gasteiger partial charge in [-0.15, -0.1) is 0 Å². The highest BCUT2D eigenvalue weighted by Crippen LogP contribution is 2.44. The van der Waals surface area contributed by atoms with E-state index in [-0.39, 0.29) is 32.1 Å². The molecule has 1 aliphatic rings. The molecular weight excluding hydrogens is 436 g/mol. The van der Waals surface area contributed by atoms with E-state index in [1.807, 2.05) is 57.2 Å². The summed E-state index contributed by atoms with van der Waals surface area (Å²) < 4.78 is 10.7. The van der Waals surface area contributed by atoms with Crippen LogP contribution in [-0.2, 0) is 19.1 Å². The summed E-state index contributed by atoms with van der Waals surface area (Å²) in [6.45, 7) is 5.50. The van der Waals surface area contributed by atoms with Gasteiger partial charge in [-0.1, -0.05) is 48.5 Å². The van der Waals surface area contributed by atoms with Crippen molar-refractivity contribution in [2.24, 2.45) is 0 Å². The molecule has 2 amide bonds.